The third-order valence-electron chi connectivity index (χ3n) is 5.49. The maximum Gasteiger partial charge on any atom is 0.269 e. The van der Waals surface area contributed by atoms with Crippen molar-refractivity contribution >= 4 is 52.5 Å². The number of carbonyl (C=O) groups is 3. The first-order valence-electron chi connectivity index (χ1n) is 9.94. The number of hydrogen-bond donors (Lipinski definition) is 1. The summed E-state index contributed by atoms with van der Waals surface area (Å²) in [4.78, 5) is 41.2. The molecule has 1 fully saturated rings. The normalized spacial score (nSPS) is 19.7. The van der Waals surface area contributed by atoms with Crippen LogP contribution >= 0.6 is 23.4 Å². The summed E-state index contributed by atoms with van der Waals surface area (Å²) in [6.07, 6.45) is 1.53. The summed E-state index contributed by atoms with van der Waals surface area (Å²) in [6.45, 7) is 0.0618. The first kappa shape index (κ1) is 20.7. The number of thioether (sulfide) groups is 1. The van der Waals surface area contributed by atoms with Crippen molar-refractivity contribution < 1.29 is 18.8 Å². The van der Waals surface area contributed by atoms with E-state index in [1.165, 1.54) is 27.8 Å². The summed E-state index contributed by atoms with van der Waals surface area (Å²) in [5.41, 5.74) is 1.89. The van der Waals surface area contributed by atoms with Gasteiger partial charge in [-0.1, -0.05) is 29.8 Å². The van der Waals surface area contributed by atoms with Crippen molar-refractivity contribution in [2.75, 3.05) is 22.1 Å². The summed E-state index contributed by atoms with van der Waals surface area (Å²) < 4.78 is 5.24. The lowest BCUT2D eigenvalue weighted by Crippen LogP contribution is -2.51. The highest BCUT2D eigenvalue weighted by atomic mass is 35.5. The minimum atomic E-state index is -1.26. The molecule has 2 aromatic carbocycles. The Kier molecular flexibility index (Phi) is 5.19. The lowest BCUT2D eigenvalue weighted by atomic mass is 10.0. The van der Waals surface area contributed by atoms with Crippen LogP contribution in [-0.4, -0.2) is 30.0 Å². The molecule has 1 N–H and O–H groups in total. The fraction of sp³-hybridized carbons (Fsp3) is 0.174. The number of nitrogens with one attached hydrogen (secondary N) is 1. The van der Waals surface area contributed by atoms with E-state index in [9.17, 15) is 14.4 Å². The Labute approximate surface area is 193 Å². The number of hydrogen-bond acceptors (Lipinski definition) is 5. The lowest BCUT2D eigenvalue weighted by Gasteiger charge is -2.33. The summed E-state index contributed by atoms with van der Waals surface area (Å²) in [5, 5.41) is 3.31. The average molecular weight is 468 g/mol. The Morgan fingerprint density at radius 1 is 1.09 bits per heavy atom. The molecule has 3 aromatic rings. The van der Waals surface area contributed by atoms with E-state index in [1.54, 1.807) is 42.5 Å². The summed E-state index contributed by atoms with van der Waals surface area (Å²) >= 11 is 7.29. The van der Waals surface area contributed by atoms with Gasteiger partial charge in [0, 0.05) is 16.3 Å². The maximum absolute atomic E-state index is 13.8. The van der Waals surface area contributed by atoms with Crippen LogP contribution < -0.4 is 15.1 Å². The van der Waals surface area contributed by atoms with Crippen LogP contribution in [0.5, 0.6) is 0 Å². The van der Waals surface area contributed by atoms with Gasteiger partial charge in [-0.2, -0.15) is 0 Å². The zero-order valence-electron chi connectivity index (χ0n) is 16.8. The van der Waals surface area contributed by atoms with E-state index in [0.29, 0.717) is 27.7 Å². The number of fused-ring (bicyclic) bond motifs is 2. The number of para-hydroxylation sites is 1. The molecule has 3 amide bonds. The number of nitrogens with zero attached hydrogens (tertiary/aromatic N) is 2. The van der Waals surface area contributed by atoms with E-state index >= 15 is 0 Å². The predicted octanol–water partition coefficient (Wildman–Crippen LogP) is 3.53. The average Bonchev–Trinajstić information content (AvgIpc) is 3.49. The summed E-state index contributed by atoms with van der Waals surface area (Å²) in [6, 6.07) is 17.6. The van der Waals surface area contributed by atoms with Crippen molar-refractivity contribution in [1.29, 1.82) is 0 Å². The number of furan rings is 1. The van der Waals surface area contributed by atoms with Crippen LogP contribution in [0.4, 0.5) is 11.4 Å². The predicted molar refractivity (Wildman–Crippen MR) is 122 cm³/mol. The van der Waals surface area contributed by atoms with E-state index in [0.717, 1.165) is 0 Å². The van der Waals surface area contributed by atoms with Crippen LogP contribution in [0, 0.1) is 0 Å². The molecule has 0 saturated carbocycles. The molecule has 5 rings (SSSR count). The smallest absolute Gasteiger partial charge is 0.269 e. The molecule has 2 aliphatic rings. The van der Waals surface area contributed by atoms with Gasteiger partial charge in [0.05, 0.1) is 24.2 Å². The van der Waals surface area contributed by atoms with Crippen molar-refractivity contribution in [2.45, 2.75) is 11.4 Å². The second-order valence-electron chi connectivity index (χ2n) is 7.40. The molecule has 1 aromatic heterocycles. The zero-order valence-corrected chi connectivity index (χ0v) is 18.4. The van der Waals surface area contributed by atoms with Gasteiger partial charge in [-0.25, -0.2) is 0 Å². The van der Waals surface area contributed by atoms with Crippen molar-refractivity contribution in [2.24, 2.45) is 0 Å². The highest BCUT2D eigenvalue weighted by molar-refractivity contribution is 8.02. The summed E-state index contributed by atoms with van der Waals surface area (Å²) in [5.74, 6) is -0.0497. The molecule has 2 aliphatic heterocycles. The highest BCUT2D eigenvalue weighted by Gasteiger charge is 2.61. The summed E-state index contributed by atoms with van der Waals surface area (Å²) in [7, 11) is 0. The standard InChI is InChI=1S/C23H18ClN3O4S/c24-15-7-9-16(10-8-15)27-21(29)14-32-23(27)18-5-1-2-6-19(18)26(22(23)30)13-20(28)25-12-17-4-3-11-31-17/h1-11H,12-14H2,(H,25,28). The van der Waals surface area contributed by atoms with E-state index in [1.807, 2.05) is 18.2 Å². The molecule has 1 spiro atoms. The van der Waals surface area contributed by atoms with Crippen molar-refractivity contribution in [3.8, 4) is 0 Å². The van der Waals surface area contributed by atoms with Crippen molar-refractivity contribution in [3.63, 3.8) is 0 Å². The van der Waals surface area contributed by atoms with Gasteiger partial charge in [0.25, 0.3) is 5.91 Å². The van der Waals surface area contributed by atoms with Gasteiger partial charge in [-0.05, 0) is 42.5 Å². The van der Waals surface area contributed by atoms with Gasteiger partial charge in [0.15, 0.2) is 0 Å². The third-order valence-corrected chi connectivity index (χ3v) is 7.13. The number of carbonyl (C=O) groups excluding carboxylic acids is 3. The molecular weight excluding hydrogens is 450 g/mol. The van der Waals surface area contributed by atoms with Gasteiger partial charge in [0.2, 0.25) is 16.7 Å². The highest BCUT2D eigenvalue weighted by Crippen LogP contribution is 2.55. The lowest BCUT2D eigenvalue weighted by molar-refractivity contribution is -0.125. The fourth-order valence-electron chi connectivity index (χ4n) is 4.10. The molecule has 3 heterocycles. The van der Waals surface area contributed by atoms with Crippen LogP contribution in [-0.2, 0) is 25.8 Å². The van der Waals surface area contributed by atoms with Crippen molar-refractivity contribution in [1.82, 2.24) is 5.32 Å². The second kappa shape index (κ2) is 8.03. The SMILES string of the molecule is O=C(CN1C(=O)C2(SCC(=O)N2c2ccc(Cl)cc2)c2ccccc21)NCc1ccco1. The molecular formula is C23H18ClN3O4S. The monoisotopic (exact) mass is 467 g/mol. The van der Waals surface area contributed by atoms with Crippen LogP contribution in [0.25, 0.3) is 0 Å². The zero-order chi connectivity index (χ0) is 22.3. The first-order valence-corrected chi connectivity index (χ1v) is 11.3. The Morgan fingerprint density at radius 2 is 1.88 bits per heavy atom. The Balaban J connectivity index is 1.48. The topological polar surface area (TPSA) is 82.9 Å². The van der Waals surface area contributed by atoms with E-state index in [2.05, 4.69) is 5.32 Å². The van der Waals surface area contributed by atoms with E-state index < -0.39 is 4.87 Å². The number of rotatable bonds is 5. The fourth-order valence-corrected chi connectivity index (χ4v) is 5.59. The number of benzene rings is 2. The molecule has 32 heavy (non-hydrogen) atoms. The molecule has 9 heteroatoms. The Bertz CT molecular complexity index is 1200. The van der Waals surface area contributed by atoms with Crippen LogP contribution in [0.15, 0.2) is 71.3 Å². The molecule has 162 valence electrons. The quantitative estimate of drug-likeness (QED) is 0.620. The van der Waals surface area contributed by atoms with Crippen LogP contribution in [0.2, 0.25) is 5.02 Å². The molecule has 0 bridgehead atoms. The van der Waals surface area contributed by atoms with Crippen molar-refractivity contribution in [3.05, 3.63) is 83.3 Å². The molecule has 0 radical (unpaired) electrons. The molecule has 7 nitrogen and oxygen atoms in total. The number of amides is 3. The molecule has 1 unspecified atom stereocenters. The van der Waals surface area contributed by atoms with Gasteiger partial charge in [0.1, 0.15) is 12.3 Å². The largest absolute Gasteiger partial charge is 0.467 e. The third kappa shape index (κ3) is 3.27. The van der Waals surface area contributed by atoms with Gasteiger partial charge >= 0.3 is 0 Å². The van der Waals surface area contributed by atoms with Crippen LogP contribution in [0.3, 0.4) is 0 Å². The Hall–Kier alpha value is -3.23. The second-order valence-corrected chi connectivity index (χ2v) is 9.01. The van der Waals surface area contributed by atoms with Gasteiger partial charge in [-0.3, -0.25) is 24.2 Å². The van der Waals surface area contributed by atoms with E-state index in [-0.39, 0.29) is 36.6 Å². The minimum absolute atomic E-state index is 0.154. The first-order chi connectivity index (χ1) is 15.5. The maximum atomic E-state index is 13.8. The van der Waals surface area contributed by atoms with Gasteiger partial charge < -0.3 is 9.73 Å². The molecule has 1 atom stereocenters. The minimum Gasteiger partial charge on any atom is -0.467 e. The number of halogens is 1. The Morgan fingerprint density at radius 3 is 2.62 bits per heavy atom. The number of anilines is 2. The van der Waals surface area contributed by atoms with Crippen LogP contribution in [0.1, 0.15) is 11.3 Å². The molecule has 0 aliphatic carbocycles. The molecule has 1 saturated heterocycles. The van der Waals surface area contributed by atoms with E-state index in [4.69, 9.17) is 16.0 Å². The van der Waals surface area contributed by atoms with Gasteiger partial charge in [-0.15, -0.1) is 11.8 Å².